The number of benzene rings is 1. The highest BCUT2D eigenvalue weighted by atomic mass is 16.3. The zero-order valence-electron chi connectivity index (χ0n) is 16.7. The normalized spacial score (nSPS) is 16.4. The van der Waals surface area contributed by atoms with Crippen LogP contribution in [0.4, 0.5) is 0 Å². The maximum absolute atomic E-state index is 13.1. The number of furan rings is 1. The molecule has 0 fully saturated rings. The fourth-order valence-electron chi connectivity index (χ4n) is 3.66. The van der Waals surface area contributed by atoms with Crippen LogP contribution in [0.15, 0.2) is 94.5 Å². The van der Waals surface area contributed by atoms with Crippen LogP contribution in [0.3, 0.4) is 0 Å². The number of rotatable bonds is 6. The summed E-state index contributed by atoms with van der Waals surface area (Å²) in [6, 6.07) is 13.9. The van der Waals surface area contributed by atoms with E-state index in [1.54, 1.807) is 11.2 Å². The summed E-state index contributed by atoms with van der Waals surface area (Å²) in [4.78, 5) is 14.9. The topological polar surface area (TPSA) is 45.5 Å². The van der Waals surface area contributed by atoms with E-state index >= 15 is 0 Å². The molecule has 0 spiro atoms. The van der Waals surface area contributed by atoms with Crippen LogP contribution in [0.1, 0.15) is 43.9 Å². The van der Waals surface area contributed by atoms with Gasteiger partial charge < -0.3 is 9.73 Å². The van der Waals surface area contributed by atoms with Crippen LogP contribution in [0.5, 0.6) is 0 Å². The van der Waals surface area contributed by atoms with Crippen molar-refractivity contribution in [3.63, 3.8) is 0 Å². The molecule has 1 aliphatic carbocycles. The largest absolute Gasteiger partial charge is 0.469 e. The van der Waals surface area contributed by atoms with E-state index in [2.05, 4.69) is 35.7 Å². The Bertz CT molecular complexity index is 979. The van der Waals surface area contributed by atoms with E-state index in [-0.39, 0.29) is 5.91 Å². The summed E-state index contributed by atoms with van der Waals surface area (Å²) in [5.74, 6) is 0.902. The molecule has 0 saturated carbocycles. The SMILES string of the molecule is CC1=C(CC2=CCCC=C2)NC(c2ccccc2)=CN1C(=O)CCc1ccco1. The van der Waals surface area contributed by atoms with Crippen molar-refractivity contribution in [2.45, 2.75) is 39.0 Å². The monoisotopic (exact) mass is 386 g/mol. The lowest BCUT2D eigenvalue weighted by Gasteiger charge is -2.30. The predicted molar refractivity (Wildman–Crippen MR) is 115 cm³/mol. The van der Waals surface area contributed by atoms with Gasteiger partial charge in [-0.2, -0.15) is 0 Å². The van der Waals surface area contributed by atoms with Gasteiger partial charge in [0, 0.05) is 36.9 Å². The highest BCUT2D eigenvalue weighted by Crippen LogP contribution is 2.28. The summed E-state index contributed by atoms with van der Waals surface area (Å²) in [7, 11) is 0. The lowest BCUT2D eigenvalue weighted by molar-refractivity contribution is -0.127. The highest BCUT2D eigenvalue weighted by Gasteiger charge is 2.23. The molecule has 1 aromatic carbocycles. The molecule has 0 bridgehead atoms. The van der Waals surface area contributed by atoms with E-state index in [1.807, 2.05) is 43.5 Å². The average molecular weight is 386 g/mol. The maximum atomic E-state index is 13.1. The van der Waals surface area contributed by atoms with Gasteiger partial charge in [0.15, 0.2) is 0 Å². The van der Waals surface area contributed by atoms with Crippen LogP contribution < -0.4 is 5.32 Å². The lowest BCUT2D eigenvalue weighted by Crippen LogP contribution is -2.33. The molecule has 0 saturated heterocycles. The van der Waals surface area contributed by atoms with Gasteiger partial charge >= 0.3 is 0 Å². The molecule has 0 atom stereocenters. The van der Waals surface area contributed by atoms with Gasteiger partial charge in [-0.1, -0.05) is 48.6 Å². The van der Waals surface area contributed by atoms with Crippen LogP contribution in [0.25, 0.3) is 5.70 Å². The summed E-state index contributed by atoms with van der Waals surface area (Å²) in [6.45, 7) is 2.01. The molecule has 2 aromatic rings. The zero-order valence-corrected chi connectivity index (χ0v) is 16.7. The average Bonchev–Trinajstić information content (AvgIpc) is 3.28. The van der Waals surface area contributed by atoms with E-state index in [1.165, 1.54) is 5.57 Å². The Balaban J connectivity index is 1.59. The summed E-state index contributed by atoms with van der Waals surface area (Å²) in [6.07, 6.45) is 14.2. The van der Waals surface area contributed by atoms with Gasteiger partial charge in [0.2, 0.25) is 5.91 Å². The highest BCUT2D eigenvalue weighted by molar-refractivity contribution is 5.83. The molecule has 2 heterocycles. The Morgan fingerprint density at radius 1 is 1.14 bits per heavy atom. The van der Waals surface area contributed by atoms with Crippen molar-refractivity contribution in [3.8, 4) is 0 Å². The molecule has 4 nitrogen and oxygen atoms in total. The summed E-state index contributed by atoms with van der Waals surface area (Å²) in [5, 5.41) is 3.57. The van der Waals surface area contributed by atoms with Crippen LogP contribution in [0, 0.1) is 0 Å². The first kappa shape index (κ1) is 19.1. The van der Waals surface area contributed by atoms with Crippen molar-refractivity contribution in [3.05, 3.63) is 101 Å². The Morgan fingerprint density at radius 2 is 2.00 bits per heavy atom. The van der Waals surface area contributed by atoms with Gasteiger partial charge in [-0.15, -0.1) is 0 Å². The van der Waals surface area contributed by atoms with Crippen molar-refractivity contribution in [1.82, 2.24) is 10.2 Å². The van der Waals surface area contributed by atoms with Crippen LogP contribution in [0.2, 0.25) is 0 Å². The second kappa shape index (κ2) is 8.82. The van der Waals surface area contributed by atoms with Crippen LogP contribution in [-0.2, 0) is 11.2 Å². The quantitative estimate of drug-likeness (QED) is 0.709. The third-order valence-corrected chi connectivity index (χ3v) is 5.31. The van der Waals surface area contributed by atoms with E-state index in [0.717, 1.165) is 47.7 Å². The van der Waals surface area contributed by atoms with Gasteiger partial charge in [0.05, 0.1) is 12.0 Å². The number of allylic oxidation sites excluding steroid dienone is 5. The Kier molecular flexibility index (Phi) is 5.80. The van der Waals surface area contributed by atoms with E-state index < -0.39 is 0 Å². The number of hydrogen-bond donors (Lipinski definition) is 1. The standard InChI is InChI=1S/C25H26N2O2/c1-19-23(17-20-9-4-2-5-10-20)26-24(21-11-6-3-7-12-21)18-27(19)25(28)15-14-22-13-8-16-29-22/h3-4,6-13,16,18,26H,2,5,14-15,17H2,1H3. The second-order valence-corrected chi connectivity index (χ2v) is 7.38. The number of carbonyl (C=O) groups is 1. The summed E-state index contributed by atoms with van der Waals surface area (Å²) < 4.78 is 5.38. The smallest absolute Gasteiger partial charge is 0.231 e. The minimum atomic E-state index is 0.0690. The van der Waals surface area contributed by atoms with Gasteiger partial charge in [0.25, 0.3) is 0 Å². The fraction of sp³-hybridized carbons (Fsp3) is 0.240. The first-order chi connectivity index (χ1) is 14.2. The summed E-state index contributed by atoms with van der Waals surface area (Å²) in [5.41, 5.74) is 5.31. The van der Waals surface area contributed by atoms with Crippen molar-refractivity contribution in [1.29, 1.82) is 0 Å². The Labute approximate surface area is 171 Å². The van der Waals surface area contributed by atoms with E-state index in [4.69, 9.17) is 4.42 Å². The third-order valence-electron chi connectivity index (χ3n) is 5.31. The van der Waals surface area contributed by atoms with Crippen molar-refractivity contribution < 1.29 is 9.21 Å². The van der Waals surface area contributed by atoms with Gasteiger partial charge in [-0.05, 0) is 43.0 Å². The maximum Gasteiger partial charge on any atom is 0.231 e. The van der Waals surface area contributed by atoms with Crippen molar-refractivity contribution in [2.75, 3.05) is 0 Å². The summed E-state index contributed by atoms with van der Waals surface area (Å²) >= 11 is 0. The number of carbonyl (C=O) groups excluding carboxylic acids is 1. The molecule has 148 valence electrons. The van der Waals surface area contributed by atoms with Gasteiger partial charge in [-0.3, -0.25) is 9.69 Å². The molecular weight excluding hydrogens is 360 g/mol. The van der Waals surface area contributed by atoms with Crippen LogP contribution >= 0.6 is 0 Å². The molecule has 29 heavy (non-hydrogen) atoms. The fourth-order valence-corrected chi connectivity index (χ4v) is 3.66. The molecular formula is C25H26N2O2. The predicted octanol–water partition coefficient (Wildman–Crippen LogP) is 5.54. The van der Waals surface area contributed by atoms with Crippen LogP contribution in [-0.4, -0.2) is 10.8 Å². The van der Waals surface area contributed by atoms with Gasteiger partial charge in [-0.25, -0.2) is 0 Å². The van der Waals surface area contributed by atoms with Crippen molar-refractivity contribution >= 4 is 11.6 Å². The molecule has 0 unspecified atom stereocenters. The number of hydrogen-bond acceptors (Lipinski definition) is 3. The third kappa shape index (κ3) is 4.60. The Hall–Kier alpha value is -3.27. The molecule has 1 aromatic heterocycles. The molecule has 0 radical (unpaired) electrons. The molecule has 1 amide bonds. The number of amides is 1. The van der Waals surface area contributed by atoms with E-state index in [9.17, 15) is 4.79 Å². The Morgan fingerprint density at radius 3 is 2.72 bits per heavy atom. The minimum Gasteiger partial charge on any atom is -0.469 e. The first-order valence-electron chi connectivity index (χ1n) is 10.1. The minimum absolute atomic E-state index is 0.0690. The zero-order chi connectivity index (χ0) is 20.1. The number of nitrogens with zero attached hydrogens (tertiary/aromatic N) is 1. The molecule has 2 aliphatic rings. The number of nitrogens with one attached hydrogen (secondary N) is 1. The molecule has 4 rings (SSSR count). The van der Waals surface area contributed by atoms with E-state index in [0.29, 0.717) is 12.8 Å². The van der Waals surface area contributed by atoms with Crippen molar-refractivity contribution in [2.24, 2.45) is 0 Å². The molecule has 1 N–H and O–H groups in total. The number of aryl methyl sites for hydroxylation is 1. The molecule has 4 heteroatoms. The first-order valence-corrected chi connectivity index (χ1v) is 10.1. The second-order valence-electron chi connectivity index (χ2n) is 7.38. The lowest BCUT2D eigenvalue weighted by atomic mass is 10.00. The van der Waals surface area contributed by atoms with Gasteiger partial charge in [0.1, 0.15) is 5.76 Å². The molecule has 1 aliphatic heterocycles.